The second-order valence-corrected chi connectivity index (χ2v) is 9.21. The maximum absolute atomic E-state index is 12.6. The van der Waals surface area contributed by atoms with Crippen LogP contribution in [-0.2, 0) is 10.8 Å². The fourth-order valence-electron chi connectivity index (χ4n) is 3.10. The van der Waals surface area contributed by atoms with Crippen molar-refractivity contribution in [3.05, 3.63) is 75.6 Å². The van der Waals surface area contributed by atoms with Crippen LogP contribution < -0.4 is 10.9 Å². The Morgan fingerprint density at radius 3 is 2.11 bits per heavy atom. The van der Waals surface area contributed by atoms with Gasteiger partial charge in [-0.25, -0.2) is 4.79 Å². The van der Waals surface area contributed by atoms with E-state index in [1.165, 1.54) is 0 Å². The van der Waals surface area contributed by atoms with Crippen LogP contribution in [0.1, 0.15) is 63.0 Å². The van der Waals surface area contributed by atoms with E-state index < -0.39 is 5.63 Å². The lowest BCUT2D eigenvalue weighted by Gasteiger charge is -2.26. The summed E-state index contributed by atoms with van der Waals surface area (Å²) < 4.78 is 5.68. The normalized spacial score (nSPS) is 12.2. The van der Waals surface area contributed by atoms with Gasteiger partial charge >= 0.3 is 5.63 Å². The lowest BCUT2D eigenvalue weighted by molar-refractivity contribution is 0.102. The molecule has 0 fully saturated rings. The van der Waals surface area contributed by atoms with Gasteiger partial charge in [-0.2, -0.15) is 0 Å². The summed E-state index contributed by atoms with van der Waals surface area (Å²) in [6.45, 7) is 12.7. The first-order valence-corrected chi connectivity index (χ1v) is 9.46. The van der Waals surface area contributed by atoms with Gasteiger partial charge in [-0.1, -0.05) is 65.8 Å². The molecule has 0 aliphatic carbocycles. The second kappa shape index (κ2) is 6.93. The molecule has 0 aliphatic heterocycles. The molecule has 0 saturated carbocycles. The highest BCUT2D eigenvalue weighted by Crippen LogP contribution is 2.35. The molecule has 3 rings (SSSR count). The third-order valence-corrected chi connectivity index (χ3v) is 4.79. The molecular weight excluding hydrogens is 350 g/mol. The van der Waals surface area contributed by atoms with E-state index >= 15 is 0 Å². The number of hydrogen-bond acceptors (Lipinski definition) is 3. The monoisotopic (exact) mass is 377 g/mol. The van der Waals surface area contributed by atoms with Crippen molar-refractivity contribution in [1.82, 2.24) is 0 Å². The quantitative estimate of drug-likeness (QED) is 0.588. The minimum absolute atomic E-state index is 0.0578. The average molecular weight is 377 g/mol. The largest absolute Gasteiger partial charge is 0.421 e. The molecule has 2 aromatic carbocycles. The summed E-state index contributed by atoms with van der Waals surface area (Å²) in [6.07, 6.45) is 0. The Morgan fingerprint density at radius 1 is 0.893 bits per heavy atom. The van der Waals surface area contributed by atoms with Crippen molar-refractivity contribution >= 4 is 22.6 Å². The first-order valence-electron chi connectivity index (χ1n) is 9.46. The zero-order chi connectivity index (χ0) is 20.7. The van der Waals surface area contributed by atoms with Gasteiger partial charge in [0.1, 0.15) is 11.3 Å². The molecule has 3 aromatic rings. The first kappa shape index (κ1) is 19.9. The third kappa shape index (κ3) is 4.01. The van der Waals surface area contributed by atoms with E-state index in [1.54, 1.807) is 30.3 Å². The highest BCUT2D eigenvalue weighted by Gasteiger charge is 2.24. The van der Waals surface area contributed by atoms with E-state index in [1.807, 2.05) is 12.1 Å². The van der Waals surface area contributed by atoms with Crippen LogP contribution in [0.3, 0.4) is 0 Å². The summed E-state index contributed by atoms with van der Waals surface area (Å²) in [7, 11) is 0. The van der Waals surface area contributed by atoms with Crippen LogP contribution in [-0.4, -0.2) is 5.91 Å². The van der Waals surface area contributed by atoms with E-state index in [9.17, 15) is 9.59 Å². The summed E-state index contributed by atoms with van der Waals surface area (Å²) >= 11 is 0. The number of fused-ring (bicyclic) bond motifs is 1. The minimum atomic E-state index is -0.550. The molecule has 0 radical (unpaired) electrons. The van der Waals surface area contributed by atoms with Gasteiger partial charge in [-0.3, -0.25) is 4.79 Å². The molecule has 0 bridgehead atoms. The molecule has 4 heteroatoms. The average Bonchev–Trinajstić information content (AvgIpc) is 2.60. The molecule has 0 atom stereocenters. The van der Waals surface area contributed by atoms with Crippen LogP contribution >= 0.6 is 0 Å². The lowest BCUT2D eigenvalue weighted by Crippen LogP contribution is -2.20. The number of nitrogens with one attached hydrogen (secondary N) is 1. The standard InChI is InChI=1S/C24H27NO3/c1-23(2,3)17-12-16-13-19(25-21(26)15-10-8-7-9-11-15)22(27)28-20(16)18(14-17)24(4,5)6/h7-14H,1-6H3,(H,25,26). The number of carbonyl (C=O) groups is 1. The third-order valence-electron chi connectivity index (χ3n) is 4.79. The van der Waals surface area contributed by atoms with Gasteiger partial charge in [0.2, 0.25) is 0 Å². The van der Waals surface area contributed by atoms with Crippen molar-refractivity contribution in [3.8, 4) is 0 Å². The van der Waals surface area contributed by atoms with Gasteiger partial charge in [0, 0.05) is 16.5 Å². The number of carbonyl (C=O) groups excluding carboxylic acids is 1. The van der Waals surface area contributed by atoms with E-state index in [4.69, 9.17) is 4.42 Å². The van der Waals surface area contributed by atoms with E-state index in [-0.39, 0.29) is 22.4 Å². The predicted molar refractivity (Wildman–Crippen MR) is 114 cm³/mol. The highest BCUT2D eigenvalue weighted by molar-refractivity contribution is 6.04. The molecule has 0 aliphatic rings. The fraction of sp³-hybridized carbons (Fsp3) is 0.333. The predicted octanol–water partition coefficient (Wildman–Crippen LogP) is 5.64. The second-order valence-electron chi connectivity index (χ2n) is 9.21. The van der Waals surface area contributed by atoms with Crippen molar-refractivity contribution in [2.45, 2.75) is 52.4 Å². The molecule has 4 nitrogen and oxygen atoms in total. The Morgan fingerprint density at radius 2 is 1.54 bits per heavy atom. The van der Waals surface area contributed by atoms with E-state index in [2.05, 4.69) is 52.9 Å². The van der Waals surface area contributed by atoms with Gasteiger partial charge < -0.3 is 9.73 Å². The van der Waals surface area contributed by atoms with Gasteiger partial charge in [0.15, 0.2) is 0 Å². The van der Waals surface area contributed by atoms with Crippen molar-refractivity contribution < 1.29 is 9.21 Å². The molecular formula is C24H27NO3. The zero-order valence-electron chi connectivity index (χ0n) is 17.3. The Balaban J connectivity index is 2.16. The van der Waals surface area contributed by atoms with Crippen molar-refractivity contribution in [3.63, 3.8) is 0 Å². The minimum Gasteiger partial charge on any atom is -0.421 e. The van der Waals surface area contributed by atoms with Crippen molar-refractivity contribution in [2.75, 3.05) is 5.32 Å². The summed E-state index contributed by atoms with van der Waals surface area (Å²) in [5.74, 6) is -0.338. The van der Waals surface area contributed by atoms with Crippen LogP contribution in [0.25, 0.3) is 11.0 Å². The molecule has 0 unspecified atom stereocenters. The van der Waals surface area contributed by atoms with Crippen LogP contribution in [0.4, 0.5) is 5.69 Å². The summed E-state index contributed by atoms with van der Waals surface area (Å²) in [4.78, 5) is 25.0. The van der Waals surface area contributed by atoms with Gasteiger partial charge in [-0.05, 0) is 40.7 Å². The number of rotatable bonds is 2. The van der Waals surface area contributed by atoms with E-state index in [0.717, 1.165) is 16.5 Å². The van der Waals surface area contributed by atoms with Crippen LogP contribution in [0.5, 0.6) is 0 Å². The molecule has 1 heterocycles. The maximum atomic E-state index is 12.6. The molecule has 1 amide bonds. The molecule has 1 aromatic heterocycles. The van der Waals surface area contributed by atoms with Crippen LogP contribution in [0, 0.1) is 0 Å². The Kier molecular flexibility index (Phi) is 4.92. The Hall–Kier alpha value is -2.88. The fourth-order valence-corrected chi connectivity index (χ4v) is 3.10. The molecule has 146 valence electrons. The van der Waals surface area contributed by atoms with Crippen molar-refractivity contribution in [1.29, 1.82) is 0 Å². The van der Waals surface area contributed by atoms with Gasteiger partial charge in [0.05, 0.1) is 0 Å². The van der Waals surface area contributed by atoms with Gasteiger partial charge in [0.25, 0.3) is 5.91 Å². The smallest absolute Gasteiger partial charge is 0.360 e. The number of hydrogen-bond donors (Lipinski definition) is 1. The molecule has 0 spiro atoms. The van der Waals surface area contributed by atoms with Crippen LogP contribution in [0.2, 0.25) is 0 Å². The topological polar surface area (TPSA) is 59.3 Å². The zero-order valence-corrected chi connectivity index (χ0v) is 17.3. The summed E-state index contributed by atoms with van der Waals surface area (Å²) in [5, 5.41) is 3.50. The maximum Gasteiger partial charge on any atom is 0.360 e. The molecule has 28 heavy (non-hydrogen) atoms. The number of amides is 1. The summed E-state index contributed by atoms with van der Waals surface area (Å²) in [6, 6.07) is 14.7. The first-order chi connectivity index (χ1) is 13.0. The van der Waals surface area contributed by atoms with E-state index in [0.29, 0.717) is 11.1 Å². The van der Waals surface area contributed by atoms with Crippen LogP contribution in [0.15, 0.2) is 57.7 Å². The molecule has 1 N–H and O–H groups in total. The lowest BCUT2D eigenvalue weighted by atomic mass is 9.79. The number of benzene rings is 2. The summed E-state index contributed by atoms with van der Waals surface area (Å²) in [5.41, 5.74) is 2.54. The highest BCUT2D eigenvalue weighted by atomic mass is 16.4. The Labute approximate surface area is 165 Å². The van der Waals surface area contributed by atoms with Crippen molar-refractivity contribution in [2.24, 2.45) is 0 Å². The Bertz CT molecular complexity index is 1080. The molecule has 0 saturated heterocycles. The van der Waals surface area contributed by atoms with Gasteiger partial charge in [-0.15, -0.1) is 0 Å². The SMILES string of the molecule is CC(C)(C)c1cc(C(C)(C)C)c2oc(=O)c(NC(=O)c3ccccc3)cc2c1. The number of anilines is 1.